The Kier molecular flexibility index (Phi) is 5.35. The lowest BCUT2D eigenvalue weighted by atomic mass is 9.75. The van der Waals surface area contributed by atoms with Gasteiger partial charge in [-0.2, -0.15) is 0 Å². The van der Waals surface area contributed by atoms with Crippen molar-refractivity contribution in [3.63, 3.8) is 0 Å². The summed E-state index contributed by atoms with van der Waals surface area (Å²) in [7, 11) is 1.68. The lowest BCUT2D eigenvalue weighted by molar-refractivity contribution is 0.229. The van der Waals surface area contributed by atoms with E-state index in [9.17, 15) is 5.11 Å². The third kappa shape index (κ3) is 4.39. The monoisotopic (exact) mass is 292 g/mol. The summed E-state index contributed by atoms with van der Waals surface area (Å²) in [5.41, 5.74) is 2.09. The molecule has 2 nitrogen and oxygen atoms in total. The Morgan fingerprint density at radius 3 is 2.05 bits per heavy atom. The fraction of sp³-hybridized carbons (Fsp3) is 0.684. The minimum atomic E-state index is -0.100. The van der Waals surface area contributed by atoms with Crippen LogP contribution in [0.25, 0.3) is 0 Å². The summed E-state index contributed by atoms with van der Waals surface area (Å²) < 4.78 is 5.44. The molecule has 0 heterocycles. The van der Waals surface area contributed by atoms with Crippen molar-refractivity contribution < 1.29 is 9.84 Å². The smallest absolute Gasteiger partial charge is 0.122 e. The number of phenolic OH excluding ortho intramolecular Hbond substituents is 1. The van der Waals surface area contributed by atoms with E-state index in [-0.39, 0.29) is 10.8 Å². The molecule has 0 aliphatic heterocycles. The molecule has 0 aliphatic rings. The molecule has 1 unspecified atom stereocenters. The van der Waals surface area contributed by atoms with E-state index < -0.39 is 0 Å². The number of rotatable bonds is 4. The second-order valence-corrected chi connectivity index (χ2v) is 8.11. The lowest BCUT2D eigenvalue weighted by Gasteiger charge is -2.31. The zero-order valence-electron chi connectivity index (χ0n) is 15.0. The zero-order valence-corrected chi connectivity index (χ0v) is 15.0. The molecule has 0 fully saturated rings. The summed E-state index contributed by atoms with van der Waals surface area (Å²) in [6.45, 7) is 15.4. The topological polar surface area (TPSA) is 29.5 Å². The Hall–Kier alpha value is -1.18. The van der Waals surface area contributed by atoms with Crippen molar-refractivity contribution in [2.24, 2.45) is 11.3 Å². The Morgan fingerprint density at radius 2 is 1.67 bits per heavy atom. The van der Waals surface area contributed by atoms with E-state index in [4.69, 9.17) is 4.74 Å². The molecule has 0 saturated heterocycles. The minimum Gasteiger partial charge on any atom is -0.507 e. The van der Waals surface area contributed by atoms with Crippen LogP contribution in [0.5, 0.6) is 11.5 Å². The van der Waals surface area contributed by atoms with Crippen LogP contribution in [0.4, 0.5) is 0 Å². The Morgan fingerprint density at radius 1 is 1.10 bits per heavy atom. The number of aromatic hydroxyl groups is 1. The second kappa shape index (κ2) is 6.29. The maximum atomic E-state index is 10.7. The van der Waals surface area contributed by atoms with Crippen molar-refractivity contribution in [3.8, 4) is 11.5 Å². The van der Waals surface area contributed by atoms with E-state index in [0.717, 1.165) is 29.7 Å². The van der Waals surface area contributed by atoms with E-state index in [1.165, 1.54) is 0 Å². The van der Waals surface area contributed by atoms with Crippen LogP contribution < -0.4 is 4.74 Å². The van der Waals surface area contributed by atoms with Gasteiger partial charge in [-0.05, 0) is 40.9 Å². The van der Waals surface area contributed by atoms with Crippen LogP contribution in [-0.4, -0.2) is 12.2 Å². The highest BCUT2D eigenvalue weighted by Gasteiger charge is 2.27. The van der Waals surface area contributed by atoms with Gasteiger partial charge in [-0.25, -0.2) is 0 Å². The van der Waals surface area contributed by atoms with E-state index >= 15 is 0 Å². The minimum absolute atomic E-state index is 0.100. The van der Waals surface area contributed by atoms with Crippen molar-refractivity contribution >= 4 is 0 Å². The van der Waals surface area contributed by atoms with Gasteiger partial charge in [-0.3, -0.25) is 0 Å². The van der Waals surface area contributed by atoms with Gasteiger partial charge in [0, 0.05) is 5.56 Å². The van der Waals surface area contributed by atoms with Crippen molar-refractivity contribution in [2.75, 3.05) is 7.11 Å². The first-order valence-corrected chi connectivity index (χ1v) is 7.91. The lowest BCUT2D eigenvalue weighted by Crippen LogP contribution is -2.22. The van der Waals surface area contributed by atoms with Gasteiger partial charge in [-0.15, -0.1) is 0 Å². The summed E-state index contributed by atoms with van der Waals surface area (Å²) in [4.78, 5) is 0. The number of ether oxygens (including phenoxy) is 1. The highest BCUT2D eigenvalue weighted by atomic mass is 16.5. The third-order valence-corrected chi connectivity index (χ3v) is 4.39. The van der Waals surface area contributed by atoms with Gasteiger partial charge >= 0.3 is 0 Å². The predicted molar refractivity (Wildman–Crippen MR) is 90.3 cm³/mol. The molecule has 21 heavy (non-hydrogen) atoms. The molecule has 1 aromatic rings. The van der Waals surface area contributed by atoms with Crippen molar-refractivity contribution in [1.29, 1.82) is 0 Å². The van der Waals surface area contributed by atoms with Crippen LogP contribution in [0.1, 0.15) is 66.0 Å². The summed E-state index contributed by atoms with van der Waals surface area (Å²) >= 11 is 0. The highest BCUT2D eigenvalue weighted by Crippen LogP contribution is 2.40. The molecule has 2 heteroatoms. The van der Waals surface area contributed by atoms with Crippen LogP contribution in [0.2, 0.25) is 0 Å². The van der Waals surface area contributed by atoms with Gasteiger partial charge in [0.1, 0.15) is 11.5 Å². The first-order chi connectivity index (χ1) is 9.50. The molecule has 1 rings (SSSR count). The first-order valence-electron chi connectivity index (χ1n) is 7.91. The fourth-order valence-electron chi connectivity index (χ4n) is 2.84. The number of hydrogen-bond donors (Lipinski definition) is 1. The number of benzene rings is 1. The molecular weight excluding hydrogens is 260 g/mol. The molecule has 0 amide bonds. The Bertz CT molecular complexity index is 476. The van der Waals surface area contributed by atoms with Crippen LogP contribution in [0.3, 0.4) is 0 Å². The maximum Gasteiger partial charge on any atom is 0.122 e. The Balaban J connectivity index is 3.29. The van der Waals surface area contributed by atoms with E-state index in [1.807, 2.05) is 12.1 Å². The third-order valence-electron chi connectivity index (χ3n) is 4.39. The second-order valence-electron chi connectivity index (χ2n) is 8.11. The van der Waals surface area contributed by atoms with Gasteiger partial charge in [0.2, 0.25) is 0 Å². The quantitative estimate of drug-likeness (QED) is 0.814. The normalized spacial score (nSPS) is 14.1. The highest BCUT2D eigenvalue weighted by molar-refractivity contribution is 5.49. The molecular formula is C19H32O2. The molecule has 1 atom stereocenters. The fourth-order valence-corrected chi connectivity index (χ4v) is 2.84. The van der Waals surface area contributed by atoms with Gasteiger partial charge < -0.3 is 9.84 Å². The number of methoxy groups -OCH3 is 1. The SMILES string of the molecule is CCC(Cc1cc(OC)cc(C(C)(C)C)c1O)C(C)(C)C. The van der Waals surface area contributed by atoms with Crippen molar-refractivity contribution in [2.45, 2.75) is 66.7 Å². The molecule has 0 spiro atoms. The zero-order chi connectivity index (χ0) is 16.4. The number of phenols is 1. The molecule has 0 bridgehead atoms. The summed E-state index contributed by atoms with van der Waals surface area (Å²) in [5.74, 6) is 1.80. The van der Waals surface area contributed by atoms with E-state index in [1.54, 1.807) is 7.11 Å². The average molecular weight is 292 g/mol. The summed E-state index contributed by atoms with van der Waals surface area (Å²) in [6.07, 6.45) is 1.98. The first kappa shape index (κ1) is 17.9. The van der Waals surface area contributed by atoms with Crippen LogP contribution in [0, 0.1) is 11.3 Å². The van der Waals surface area contributed by atoms with Crippen LogP contribution in [-0.2, 0) is 11.8 Å². The van der Waals surface area contributed by atoms with Gasteiger partial charge in [-0.1, -0.05) is 54.9 Å². The Labute approximate surface area is 130 Å². The number of hydrogen-bond acceptors (Lipinski definition) is 2. The molecule has 0 radical (unpaired) electrons. The standard InChI is InChI=1S/C19H32O2/c1-9-14(18(2,3)4)10-13-11-15(21-8)12-16(17(13)20)19(5,6)7/h11-12,14,20H,9-10H2,1-8H3. The van der Waals surface area contributed by atoms with E-state index in [0.29, 0.717) is 11.7 Å². The van der Waals surface area contributed by atoms with Crippen molar-refractivity contribution in [1.82, 2.24) is 0 Å². The van der Waals surface area contributed by atoms with Crippen LogP contribution >= 0.6 is 0 Å². The summed E-state index contributed by atoms with van der Waals surface area (Å²) in [6, 6.07) is 3.94. The molecule has 0 aromatic heterocycles. The van der Waals surface area contributed by atoms with Crippen LogP contribution in [0.15, 0.2) is 12.1 Å². The van der Waals surface area contributed by atoms with Gasteiger partial charge in [0.15, 0.2) is 0 Å². The molecule has 1 N–H and O–H groups in total. The van der Waals surface area contributed by atoms with Gasteiger partial charge in [0.25, 0.3) is 0 Å². The van der Waals surface area contributed by atoms with Crippen molar-refractivity contribution in [3.05, 3.63) is 23.3 Å². The van der Waals surface area contributed by atoms with E-state index in [2.05, 4.69) is 48.5 Å². The largest absolute Gasteiger partial charge is 0.507 e. The summed E-state index contributed by atoms with van der Waals surface area (Å²) in [5, 5.41) is 10.7. The van der Waals surface area contributed by atoms with Gasteiger partial charge in [0.05, 0.1) is 7.11 Å². The molecule has 0 saturated carbocycles. The maximum absolute atomic E-state index is 10.7. The molecule has 0 aliphatic carbocycles. The molecule has 120 valence electrons. The average Bonchev–Trinajstić information content (AvgIpc) is 2.34. The predicted octanol–water partition coefficient (Wildman–Crippen LogP) is 5.31. The molecule has 1 aromatic carbocycles.